The number of rotatable bonds is 6. The molecule has 104 valence electrons. The zero-order valence-electron chi connectivity index (χ0n) is 11.1. The Morgan fingerprint density at radius 2 is 1.70 bits per heavy atom. The smallest absolute Gasteiger partial charge is 0.162 e. The molecule has 0 heterocycles. The summed E-state index contributed by atoms with van der Waals surface area (Å²) in [7, 11) is 0. The van der Waals surface area contributed by atoms with Gasteiger partial charge in [-0.25, -0.2) is 8.78 Å². The van der Waals surface area contributed by atoms with Crippen molar-refractivity contribution in [2.24, 2.45) is 0 Å². The van der Waals surface area contributed by atoms with Crippen molar-refractivity contribution in [3.8, 4) is 0 Å². The van der Waals surface area contributed by atoms with Crippen LogP contribution in [0.4, 0.5) is 8.78 Å². The molecule has 0 atom stereocenters. The molecule has 0 N–H and O–H groups in total. The number of benzene rings is 2. The van der Waals surface area contributed by atoms with Crippen molar-refractivity contribution in [2.75, 3.05) is 0 Å². The Labute approximate surface area is 117 Å². The fraction of sp³-hybridized carbons (Fsp3) is 0.235. The SMILES string of the molecule is O=C(CCCc1ccccc1)Cc1cccc(F)c1F. The summed E-state index contributed by atoms with van der Waals surface area (Å²) in [5.74, 6) is -1.88. The van der Waals surface area contributed by atoms with Crippen molar-refractivity contribution in [2.45, 2.75) is 25.7 Å². The van der Waals surface area contributed by atoms with Crippen molar-refractivity contribution in [3.63, 3.8) is 0 Å². The summed E-state index contributed by atoms with van der Waals surface area (Å²) in [5.41, 5.74) is 1.31. The third-order valence-electron chi connectivity index (χ3n) is 3.18. The first kappa shape index (κ1) is 14.4. The highest BCUT2D eigenvalue weighted by Crippen LogP contribution is 2.13. The lowest BCUT2D eigenvalue weighted by Gasteiger charge is -2.04. The predicted octanol–water partition coefficient (Wildman–Crippen LogP) is 4.10. The van der Waals surface area contributed by atoms with Gasteiger partial charge in [0.1, 0.15) is 5.78 Å². The van der Waals surface area contributed by atoms with Gasteiger partial charge in [-0.15, -0.1) is 0 Å². The largest absolute Gasteiger partial charge is 0.299 e. The van der Waals surface area contributed by atoms with Crippen molar-refractivity contribution in [1.29, 1.82) is 0 Å². The summed E-state index contributed by atoms with van der Waals surface area (Å²) in [6.45, 7) is 0. The van der Waals surface area contributed by atoms with Crippen LogP contribution in [0, 0.1) is 11.6 Å². The molecule has 0 saturated heterocycles. The van der Waals surface area contributed by atoms with E-state index in [1.54, 1.807) is 0 Å². The first-order valence-electron chi connectivity index (χ1n) is 6.65. The standard InChI is InChI=1S/C17H16F2O/c18-16-11-5-9-14(17(16)19)12-15(20)10-4-8-13-6-2-1-3-7-13/h1-3,5-7,9,11H,4,8,10,12H2. The summed E-state index contributed by atoms with van der Waals surface area (Å²) in [4.78, 5) is 11.8. The van der Waals surface area contributed by atoms with Gasteiger partial charge in [0, 0.05) is 12.8 Å². The van der Waals surface area contributed by atoms with Crippen LogP contribution in [-0.2, 0) is 17.6 Å². The molecular weight excluding hydrogens is 258 g/mol. The summed E-state index contributed by atoms with van der Waals surface area (Å²) >= 11 is 0. The first-order chi connectivity index (χ1) is 9.66. The van der Waals surface area contributed by atoms with Gasteiger partial charge in [0.15, 0.2) is 11.6 Å². The Balaban J connectivity index is 1.82. The Hall–Kier alpha value is -2.03. The molecule has 2 aromatic rings. The third kappa shape index (κ3) is 3.98. The average molecular weight is 274 g/mol. The highest BCUT2D eigenvalue weighted by atomic mass is 19.2. The maximum atomic E-state index is 13.4. The number of ketones is 1. The van der Waals surface area contributed by atoms with Crippen molar-refractivity contribution in [1.82, 2.24) is 0 Å². The van der Waals surface area contributed by atoms with Gasteiger partial charge >= 0.3 is 0 Å². The summed E-state index contributed by atoms with van der Waals surface area (Å²) in [5, 5.41) is 0. The van der Waals surface area contributed by atoms with Crippen LogP contribution in [0.3, 0.4) is 0 Å². The maximum absolute atomic E-state index is 13.4. The maximum Gasteiger partial charge on any atom is 0.162 e. The van der Waals surface area contributed by atoms with Gasteiger partial charge in [-0.3, -0.25) is 4.79 Å². The van der Waals surface area contributed by atoms with Gasteiger partial charge in [0.25, 0.3) is 0 Å². The summed E-state index contributed by atoms with van der Waals surface area (Å²) in [6.07, 6.45) is 1.88. The molecule has 0 saturated carbocycles. The van der Waals surface area contributed by atoms with E-state index in [0.717, 1.165) is 18.9 Å². The molecule has 2 rings (SSSR count). The fourth-order valence-electron chi connectivity index (χ4n) is 2.12. The van der Waals surface area contributed by atoms with Crippen LogP contribution in [0.5, 0.6) is 0 Å². The van der Waals surface area contributed by atoms with Crippen LogP contribution in [-0.4, -0.2) is 5.78 Å². The molecule has 0 bridgehead atoms. The van der Waals surface area contributed by atoms with E-state index >= 15 is 0 Å². The summed E-state index contributed by atoms with van der Waals surface area (Å²) < 4.78 is 26.4. The minimum Gasteiger partial charge on any atom is -0.299 e. The van der Waals surface area contributed by atoms with E-state index in [0.29, 0.717) is 6.42 Å². The van der Waals surface area contributed by atoms with E-state index in [2.05, 4.69) is 0 Å². The quantitative estimate of drug-likeness (QED) is 0.775. The molecule has 20 heavy (non-hydrogen) atoms. The topological polar surface area (TPSA) is 17.1 Å². The van der Waals surface area contributed by atoms with Gasteiger partial charge in [-0.05, 0) is 30.0 Å². The van der Waals surface area contributed by atoms with Crippen LogP contribution in [0.25, 0.3) is 0 Å². The molecule has 0 aliphatic carbocycles. The van der Waals surface area contributed by atoms with Gasteiger partial charge in [-0.2, -0.15) is 0 Å². The Bertz CT molecular complexity index is 579. The molecule has 0 unspecified atom stereocenters. The summed E-state index contributed by atoms with van der Waals surface area (Å²) in [6, 6.07) is 13.8. The second-order valence-corrected chi connectivity index (χ2v) is 4.77. The number of aryl methyl sites for hydroxylation is 1. The lowest BCUT2D eigenvalue weighted by atomic mass is 10.0. The van der Waals surface area contributed by atoms with E-state index in [1.165, 1.54) is 17.7 Å². The predicted molar refractivity (Wildman–Crippen MR) is 74.4 cm³/mol. The van der Waals surface area contributed by atoms with Crippen LogP contribution in [0.15, 0.2) is 48.5 Å². The molecule has 0 spiro atoms. The zero-order valence-corrected chi connectivity index (χ0v) is 11.1. The van der Waals surface area contributed by atoms with Crippen LogP contribution in [0.2, 0.25) is 0 Å². The molecule has 1 nitrogen and oxygen atoms in total. The Kier molecular flexibility index (Phi) is 4.99. The molecule has 0 radical (unpaired) electrons. The fourth-order valence-corrected chi connectivity index (χ4v) is 2.12. The van der Waals surface area contributed by atoms with Gasteiger partial charge in [0.2, 0.25) is 0 Å². The van der Waals surface area contributed by atoms with E-state index in [9.17, 15) is 13.6 Å². The third-order valence-corrected chi connectivity index (χ3v) is 3.18. The molecule has 0 fully saturated rings. The van der Waals surface area contributed by atoms with Crippen LogP contribution < -0.4 is 0 Å². The Morgan fingerprint density at radius 1 is 0.950 bits per heavy atom. The van der Waals surface area contributed by atoms with Crippen molar-refractivity contribution < 1.29 is 13.6 Å². The molecular formula is C17H16F2O. The van der Waals surface area contributed by atoms with E-state index in [4.69, 9.17) is 0 Å². The number of carbonyl (C=O) groups is 1. The second-order valence-electron chi connectivity index (χ2n) is 4.77. The molecule has 3 heteroatoms. The number of halogens is 2. The van der Waals surface area contributed by atoms with Crippen LogP contribution in [0.1, 0.15) is 24.0 Å². The zero-order chi connectivity index (χ0) is 14.4. The van der Waals surface area contributed by atoms with E-state index in [-0.39, 0.29) is 17.8 Å². The second kappa shape index (κ2) is 6.94. The van der Waals surface area contributed by atoms with Crippen LogP contribution >= 0.6 is 0 Å². The average Bonchev–Trinajstić information content (AvgIpc) is 2.45. The normalized spacial score (nSPS) is 10.5. The van der Waals surface area contributed by atoms with Gasteiger partial charge < -0.3 is 0 Å². The lowest BCUT2D eigenvalue weighted by molar-refractivity contribution is -0.118. The van der Waals surface area contributed by atoms with Crippen molar-refractivity contribution >= 4 is 5.78 Å². The van der Waals surface area contributed by atoms with E-state index < -0.39 is 11.6 Å². The molecule has 0 amide bonds. The number of hydrogen-bond donors (Lipinski definition) is 0. The number of Topliss-reactive ketones (excluding diaryl/α,β-unsaturated/α-hetero) is 1. The van der Waals surface area contributed by atoms with E-state index in [1.807, 2.05) is 30.3 Å². The van der Waals surface area contributed by atoms with Gasteiger partial charge in [-0.1, -0.05) is 42.5 Å². The highest BCUT2D eigenvalue weighted by molar-refractivity contribution is 5.80. The van der Waals surface area contributed by atoms with Crippen molar-refractivity contribution in [3.05, 3.63) is 71.3 Å². The van der Waals surface area contributed by atoms with Gasteiger partial charge in [0.05, 0.1) is 0 Å². The molecule has 2 aromatic carbocycles. The molecule has 0 aliphatic rings. The number of carbonyl (C=O) groups excluding carboxylic acids is 1. The number of hydrogen-bond acceptors (Lipinski definition) is 1. The minimum atomic E-state index is -0.913. The lowest BCUT2D eigenvalue weighted by Crippen LogP contribution is -2.06. The first-order valence-corrected chi connectivity index (χ1v) is 6.65. The highest BCUT2D eigenvalue weighted by Gasteiger charge is 2.11. The monoisotopic (exact) mass is 274 g/mol. The minimum absolute atomic E-state index is 0.0433. The molecule has 0 aromatic heterocycles. The molecule has 0 aliphatic heterocycles. The Morgan fingerprint density at radius 3 is 2.45 bits per heavy atom.